The van der Waals surface area contributed by atoms with Crippen molar-refractivity contribution in [2.75, 3.05) is 0 Å². The molecule has 0 saturated carbocycles. The third-order valence-corrected chi connectivity index (χ3v) is 4.03. The van der Waals surface area contributed by atoms with Crippen LogP contribution in [0, 0.1) is 0 Å². The van der Waals surface area contributed by atoms with E-state index >= 15 is 0 Å². The number of fused-ring (bicyclic) bond motifs is 1. The maximum Gasteiger partial charge on any atom is 0.224 e. The van der Waals surface area contributed by atoms with Crippen molar-refractivity contribution in [3.05, 3.63) is 57.6 Å². The molecule has 0 radical (unpaired) electrons. The molecule has 0 fully saturated rings. The molecule has 0 atom stereocenters. The number of hydrogen-bond donors (Lipinski definition) is 0. The number of rotatable bonds is 3. The van der Waals surface area contributed by atoms with Gasteiger partial charge in [-0.25, -0.2) is 4.98 Å². The molecule has 0 unspecified atom stereocenters. The molecule has 2 heterocycles. The van der Waals surface area contributed by atoms with E-state index in [-0.39, 0.29) is 5.28 Å². The summed E-state index contributed by atoms with van der Waals surface area (Å²) in [6.45, 7) is 0.723. The summed E-state index contributed by atoms with van der Waals surface area (Å²) < 4.78 is 2.02. The molecule has 2 aromatic heterocycles. The van der Waals surface area contributed by atoms with Crippen molar-refractivity contribution in [1.82, 2.24) is 14.5 Å². The van der Waals surface area contributed by atoms with Crippen LogP contribution in [0.2, 0.25) is 15.3 Å². The number of hydrogen-bond acceptors (Lipinski definition) is 2. The van der Waals surface area contributed by atoms with Gasteiger partial charge >= 0.3 is 0 Å². The Labute approximate surface area is 131 Å². The van der Waals surface area contributed by atoms with Crippen molar-refractivity contribution < 1.29 is 0 Å². The molecular weight excluding hydrogens is 317 g/mol. The SMILES string of the molecule is Clc1ncc2ccn(CCc3c(Cl)cccc3Cl)c2n1. The van der Waals surface area contributed by atoms with Crippen molar-refractivity contribution in [2.45, 2.75) is 13.0 Å². The fourth-order valence-electron chi connectivity index (χ4n) is 2.13. The second-order valence-electron chi connectivity index (χ2n) is 4.38. The summed E-state index contributed by atoms with van der Waals surface area (Å²) in [4.78, 5) is 8.21. The van der Waals surface area contributed by atoms with E-state index in [1.54, 1.807) is 6.20 Å². The van der Waals surface area contributed by atoms with Gasteiger partial charge in [-0.2, -0.15) is 4.98 Å². The van der Waals surface area contributed by atoms with E-state index in [1.807, 2.05) is 35.0 Å². The molecule has 3 nitrogen and oxygen atoms in total. The number of aryl methyl sites for hydroxylation is 1. The van der Waals surface area contributed by atoms with Crippen molar-refractivity contribution >= 4 is 45.8 Å². The molecule has 20 heavy (non-hydrogen) atoms. The van der Waals surface area contributed by atoms with Crippen LogP contribution >= 0.6 is 34.8 Å². The number of benzene rings is 1. The van der Waals surface area contributed by atoms with Crippen LogP contribution in [0.1, 0.15) is 5.56 Å². The largest absolute Gasteiger partial charge is 0.332 e. The Bertz CT molecular complexity index is 747. The van der Waals surface area contributed by atoms with Crippen LogP contribution in [0.25, 0.3) is 11.0 Å². The smallest absolute Gasteiger partial charge is 0.224 e. The minimum absolute atomic E-state index is 0.244. The van der Waals surface area contributed by atoms with Gasteiger partial charge in [-0.3, -0.25) is 0 Å². The van der Waals surface area contributed by atoms with E-state index in [1.165, 1.54) is 0 Å². The van der Waals surface area contributed by atoms with E-state index < -0.39 is 0 Å². The first-order valence-electron chi connectivity index (χ1n) is 6.05. The third-order valence-electron chi connectivity index (χ3n) is 3.14. The predicted octanol–water partition coefficient (Wildman–Crippen LogP) is 4.63. The van der Waals surface area contributed by atoms with Gasteiger partial charge < -0.3 is 4.57 Å². The van der Waals surface area contributed by atoms with E-state index in [0.717, 1.165) is 29.6 Å². The van der Waals surface area contributed by atoms with E-state index in [4.69, 9.17) is 34.8 Å². The van der Waals surface area contributed by atoms with Crippen molar-refractivity contribution in [3.8, 4) is 0 Å². The van der Waals surface area contributed by atoms with Gasteiger partial charge in [-0.15, -0.1) is 0 Å². The fraction of sp³-hybridized carbons (Fsp3) is 0.143. The van der Waals surface area contributed by atoms with Gasteiger partial charge in [0.25, 0.3) is 0 Å². The van der Waals surface area contributed by atoms with Crippen LogP contribution in [0.3, 0.4) is 0 Å². The highest BCUT2D eigenvalue weighted by atomic mass is 35.5. The van der Waals surface area contributed by atoms with Crippen LogP contribution < -0.4 is 0 Å². The molecule has 0 aliphatic carbocycles. The van der Waals surface area contributed by atoms with Crippen LogP contribution in [-0.4, -0.2) is 14.5 Å². The van der Waals surface area contributed by atoms with E-state index in [9.17, 15) is 0 Å². The van der Waals surface area contributed by atoms with Crippen molar-refractivity contribution in [1.29, 1.82) is 0 Å². The molecule has 0 amide bonds. The number of halogens is 3. The molecule has 0 aliphatic rings. The van der Waals surface area contributed by atoms with Gasteiger partial charge in [-0.05, 0) is 41.8 Å². The highest BCUT2D eigenvalue weighted by Gasteiger charge is 2.08. The second-order valence-corrected chi connectivity index (χ2v) is 5.53. The molecule has 3 aromatic rings. The summed E-state index contributed by atoms with van der Waals surface area (Å²) >= 11 is 18.2. The topological polar surface area (TPSA) is 30.7 Å². The summed E-state index contributed by atoms with van der Waals surface area (Å²) in [6, 6.07) is 7.48. The Morgan fingerprint density at radius 3 is 2.55 bits per heavy atom. The van der Waals surface area contributed by atoms with Crippen LogP contribution in [0.15, 0.2) is 36.7 Å². The van der Waals surface area contributed by atoms with Gasteiger partial charge in [-0.1, -0.05) is 29.3 Å². The Balaban J connectivity index is 1.89. The lowest BCUT2D eigenvalue weighted by atomic mass is 10.1. The predicted molar refractivity (Wildman–Crippen MR) is 82.7 cm³/mol. The summed E-state index contributed by atoms with van der Waals surface area (Å²) in [5.41, 5.74) is 1.76. The highest BCUT2D eigenvalue weighted by molar-refractivity contribution is 6.36. The van der Waals surface area contributed by atoms with E-state index in [2.05, 4.69) is 9.97 Å². The van der Waals surface area contributed by atoms with Crippen molar-refractivity contribution in [2.24, 2.45) is 0 Å². The Morgan fingerprint density at radius 2 is 1.80 bits per heavy atom. The lowest BCUT2D eigenvalue weighted by molar-refractivity contribution is 0.716. The third kappa shape index (κ3) is 2.62. The molecule has 0 N–H and O–H groups in total. The molecule has 0 saturated heterocycles. The van der Waals surface area contributed by atoms with Gasteiger partial charge in [0.2, 0.25) is 5.28 Å². The Hall–Kier alpha value is -1.29. The molecule has 3 rings (SSSR count). The molecule has 1 aromatic carbocycles. The van der Waals surface area contributed by atoms with Gasteiger partial charge in [0.1, 0.15) is 5.65 Å². The van der Waals surface area contributed by atoms with Gasteiger partial charge in [0.15, 0.2) is 0 Å². The molecular formula is C14H10Cl3N3. The zero-order chi connectivity index (χ0) is 14.1. The van der Waals surface area contributed by atoms with Crippen LogP contribution in [0.4, 0.5) is 0 Å². The maximum atomic E-state index is 6.17. The second kappa shape index (κ2) is 5.60. The zero-order valence-electron chi connectivity index (χ0n) is 10.4. The van der Waals surface area contributed by atoms with Gasteiger partial charge in [0, 0.05) is 34.4 Å². The number of nitrogens with zero attached hydrogens (tertiary/aromatic N) is 3. The standard InChI is InChI=1S/C14H10Cl3N3/c15-11-2-1-3-12(16)10(11)5-7-20-6-4-9-8-18-14(17)19-13(9)20/h1-4,6,8H,5,7H2. The lowest BCUT2D eigenvalue weighted by Crippen LogP contribution is -2.02. The molecule has 102 valence electrons. The highest BCUT2D eigenvalue weighted by Crippen LogP contribution is 2.25. The molecule has 0 bridgehead atoms. The summed E-state index contributed by atoms with van der Waals surface area (Å²) in [7, 11) is 0. The summed E-state index contributed by atoms with van der Waals surface area (Å²) in [5.74, 6) is 0. The first kappa shape index (κ1) is 13.7. The average molecular weight is 327 g/mol. The normalized spacial score (nSPS) is 11.2. The maximum absolute atomic E-state index is 6.17. The van der Waals surface area contributed by atoms with Crippen molar-refractivity contribution in [3.63, 3.8) is 0 Å². The summed E-state index contributed by atoms with van der Waals surface area (Å²) in [6.07, 6.45) is 4.40. The molecule has 0 spiro atoms. The minimum atomic E-state index is 0.244. The first-order valence-corrected chi connectivity index (χ1v) is 7.19. The molecule has 0 aliphatic heterocycles. The molecule has 6 heteroatoms. The first-order chi connectivity index (χ1) is 9.65. The van der Waals surface area contributed by atoms with Crippen LogP contribution in [-0.2, 0) is 13.0 Å². The minimum Gasteiger partial charge on any atom is -0.332 e. The quantitative estimate of drug-likeness (QED) is 0.657. The van der Waals surface area contributed by atoms with Crippen LogP contribution in [0.5, 0.6) is 0 Å². The monoisotopic (exact) mass is 325 g/mol. The summed E-state index contributed by atoms with van der Waals surface area (Å²) in [5, 5.41) is 2.57. The fourth-order valence-corrected chi connectivity index (χ4v) is 2.85. The van der Waals surface area contributed by atoms with E-state index in [0.29, 0.717) is 10.0 Å². The average Bonchev–Trinajstić information content (AvgIpc) is 2.81. The number of aromatic nitrogens is 3. The lowest BCUT2D eigenvalue weighted by Gasteiger charge is -2.08. The van der Waals surface area contributed by atoms with Gasteiger partial charge in [0.05, 0.1) is 0 Å². The zero-order valence-corrected chi connectivity index (χ0v) is 12.6. The Morgan fingerprint density at radius 1 is 1.05 bits per heavy atom. The Kier molecular flexibility index (Phi) is 3.83.